The van der Waals surface area contributed by atoms with E-state index in [4.69, 9.17) is 0 Å². The van der Waals surface area contributed by atoms with E-state index in [0.717, 1.165) is 18.0 Å². The molecule has 0 saturated carbocycles. The first-order valence-electron chi connectivity index (χ1n) is 10.4. The number of nitrogens with one attached hydrogen (secondary N) is 1. The maximum atomic E-state index is 11.5. The molecule has 3 nitrogen and oxygen atoms in total. The van der Waals surface area contributed by atoms with Gasteiger partial charge in [-0.05, 0) is 61.2 Å². The number of nitrogens with zero attached hydrogens (tertiary/aromatic N) is 1. The predicted octanol–water partition coefficient (Wildman–Crippen LogP) is 6.06. The number of ketones is 1. The van der Waals surface area contributed by atoms with Gasteiger partial charge in [-0.2, -0.15) is 0 Å². The highest BCUT2D eigenvalue weighted by atomic mass is 16.1. The standard InChI is InChI=1S/C17H18N2O.C10H14/c1-13(20)16-4-3-11-19-17(16)10-9-14-5-7-15(8-6-14)12-18-2;1-9(2)8-10-6-4-3-5-7-10/h3-11,18H,12H2,1-2H3;3-7,9H,8H2,1-2H3/b10-9+;. The van der Waals surface area contributed by atoms with Gasteiger partial charge in [0.15, 0.2) is 5.78 Å². The van der Waals surface area contributed by atoms with Crippen molar-refractivity contribution in [2.24, 2.45) is 5.92 Å². The zero-order valence-electron chi connectivity index (χ0n) is 18.4. The van der Waals surface area contributed by atoms with Gasteiger partial charge in [0.25, 0.3) is 0 Å². The highest BCUT2D eigenvalue weighted by Gasteiger charge is 2.04. The molecule has 30 heavy (non-hydrogen) atoms. The number of benzene rings is 2. The highest BCUT2D eigenvalue weighted by molar-refractivity contribution is 5.97. The second-order valence-corrected chi connectivity index (χ2v) is 7.68. The highest BCUT2D eigenvalue weighted by Crippen LogP contribution is 2.12. The van der Waals surface area contributed by atoms with E-state index in [9.17, 15) is 4.79 Å². The van der Waals surface area contributed by atoms with Crippen molar-refractivity contribution in [3.63, 3.8) is 0 Å². The smallest absolute Gasteiger partial charge is 0.161 e. The van der Waals surface area contributed by atoms with E-state index in [0.29, 0.717) is 11.3 Å². The van der Waals surface area contributed by atoms with Gasteiger partial charge in [0.1, 0.15) is 0 Å². The Kier molecular flexibility index (Phi) is 9.69. The van der Waals surface area contributed by atoms with Crippen LogP contribution in [-0.4, -0.2) is 17.8 Å². The van der Waals surface area contributed by atoms with Crippen LogP contribution in [0, 0.1) is 5.92 Å². The summed E-state index contributed by atoms with van der Waals surface area (Å²) in [5, 5.41) is 3.12. The molecule has 0 fully saturated rings. The second kappa shape index (κ2) is 12.5. The van der Waals surface area contributed by atoms with Gasteiger partial charge < -0.3 is 5.32 Å². The number of carbonyl (C=O) groups is 1. The van der Waals surface area contributed by atoms with E-state index >= 15 is 0 Å². The van der Waals surface area contributed by atoms with Crippen LogP contribution in [0.15, 0.2) is 72.9 Å². The van der Waals surface area contributed by atoms with Crippen molar-refractivity contribution < 1.29 is 4.79 Å². The van der Waals surface area contributed by atoms with Crippen LogP contribution in [-0.2, 0) is 13.0 Å². The van der Waals surface area contributed by atoms with E-state index in [1.54, 1.807) is 25.3 Å². The summed E-state index contributed by atoms with van der Waals surface area (Å²) >= 11 is 0. The third-order valence-corrected chi connectivity index (χ3v) is 4.50. The summed E-state index contributed by atoms with van der Waals surface area (Å²) in [5.74, 6) is 0.796. The Labute approximate surface area is 180 Å². The number of hydrogen-bond donors (Lipinski definition) is 1. The largest absolute Gasteiger partial charge is 0.316 e. The molecule has 0 atom stereocenters. The average Bonchev–Trinajstić information content (AvgIpc) is 2.74. The van der Waals surface area contributed by atoms with Crippen LogP contribution in [0.5, 0.6) is 0 Å². The quantitative estimate of drug-likeness (QED) is 0.490. The topological polar surface area (TPSA) is 42.0 Å². The maximum absolute atomic E-state index is 11.5. The van der Waals surface area contributed by atoms with Crippen molar-refractivity contribution in [2.45, 2.75) is 33.7 Å². The van der Waals surface area contributed by atoms with E-state index in [1.807, 2.05) is 19.2 Å². The van der Waals surface area contributed by atoms with Crippen LogP contribution >= 0.6 is 0 Å². The number of aromatic nitrogens is 1. The normalized spacial score (nSPS) is 10.7. The van der Waals surface area contributed by atoms with Crippen LogP contribution < -0.4 is 5.32 Å². The molecule has 3 heteroatoms. The molecule has 0 aliphatic heterocycles. The minimum atomic E-state index is 0.0297. The van der Waals surface area contributed by atoms with Gasteiger partial charge in [-0.3, -0.25) is 9.78 Å². The first-order chi connectivity index (χ1) is 14.5. The monoisotopic (exact) mass is 400 g/mol. The third kappa shape index (κ3) is 8.14. The zero-order valence-corrected chi connectivity index (χ0v) is 18.4. The molecule has 0 aliphatic rings. The SMILES string of the molecule is CC(C)Cc1ccccc1.CNCc1ccc(/C=C/c2ncccc2C(C)=O)cc1. The Balaban J connectivity index is 0.000000269. The second-order valence-electron chi connectivity index (χ2n) is 7.68. The first-order valence-corrected chi connectivity index (χ1v) is 10.4. The summed E-state index contributed by atoms with van der Waals surface area (Å²) in [4.78, 5) is 15.8. The molecule has 1 aromatic heterocycles. The minimum Gasteiger partial charge on any atom is -0.316 e. The summed E-state index contributed by atoms with van der Waals surface area (Å²) < 4.78 is 0. The van der Waals surface area contributed by atoms with Gasteiger partial charge in [0.05, 0.1) is 5.69 Å². The lowest BCUT2D eigenvalue weighted by Crippen LogP contribution is -2.04. The Morgan fingerprint density at radius 1 is 0.933 bits per heavy atom. The molecule has 0 amide bonds. The first kappa shape index (κ1) is 23.2. The lowest BCUT2D eigenvalue weighted by Gasteiger charge is -2.02. The van der Waals surface area contributed by atoms with E-state index < -0.39 is 0 Å². The summed E-state index contributed by atoms with van der Waals surface area (Å²) in [7, 11) is 1.93. The number of pyridine rings is 1. The van der Waals surface area contributed by atoms with Crippen LogP contribution in [0.2, 0.25) is 0 Å². The molecule has 3 aromatic rings. The molecular formula is C27H32N2O. The summed E-state index contributed by atoms with van der Waals surface area (Å²) in [6.07, 6.45) is 6.74. The van der Waals surface area contributed by atoms with Crippen LogP contribution in [0.3, 0.4) is 0 Å². The van der Waals surface area contributed by atoms with E-state index in [2.05, 4.69) is 78.7 Å². The molecule has 2 aromatic carbocycles. The van der Waals surface area contributed by atoms with Gasteiger partial charge in [0.2, 0.25) is 0 Å². The molecule has 0 bridgehead atoms. The summed E-state index contributed by atoms with van der Waals surface area (Å²) in [6, 6.07) is 22.5. The van der Waals surface area contributed by atoms with Crippen molar-refractivity contribution >= 4 is 17.9 Å². The Morgan fingerprint density at radius 2 is 1.63 bits per heavy atom. The van der Waals surface area contributed by atoms with Crippen molar-refractivity contribution in [3.8, 4) is 0 Å². The fraction of sp³-hybridized carbons (Fsp3) is 0.259. The molecule has 156 valence electrons. The van der Waals surface area contributed by atoms with Crippen LogP contribution in [0.25, 0.3) is 12.2 Å². The molecule has 0 saturated heterocycles. The van der Waals surface area contributed by atoms with Crippen LogP contribution in [0.4, 0.5) is 0 Å². The molecule has 1 heterocycles. The molecule has 0 spiro atoms. The Hall–Kier alpha value is -3.04. The Morgan fingerprint density at radius 3 is 2.23 bits per heavy atom. The van der Waals surface area contributed by atoms with Crippen molar-refractivity contribution in [2.75, 3.05) is 7.05 Å². The summed E-state index contributed by atoms with van der Waals surface area (Å²) in [6.45, 7) is 6.90. The number of Topliss-reactive ketones (excluding diaryl/α,β-unsaturated/α-hetero) is 1. The fourth-order valence-corrected chi connectivity index (χ4v) is 3.06. The van der Waals surface area contributed by atoms with Gasteiger partial charge in [-0.25, -0.2) is 0 Å². The third-order valence-electron chi connectivity index (χ3n) is 4.50. The predicted molar refractivity (Wildman–Crippen MR) is 127 cm³/mol. The van der Waals surface area contributed by atoms with Crippen LogP contribution in [0.1, 0.15) is 53.5 Å². The van der Waals surface area contributed by atoms with E-state index in [1.165, 1.54) is 17.5 Å². The van der Waals surface area contributed by atoms with E-state index in [-0.39, 0.29) is 5.78 Å². The van der Waals surface area contributed by atoms with Crippen molar-refractivity contribution in [3.05, 3.63) is 101 Å². The number of rotatable bonds is 7. The van der Waals surface area contributed by atoms with Gasteiger partial charge >= 0.3 is 0 Å². The molecule has 0 aliphatic carbocycles. The van der Waals surface area contributed by atoms with Gasteiger partial charge in [-0.1, -0.05) is 74.5 Å². The van der Waals surface area contributed by atoms with Gasteiger partial charge in [-0.15, -0.1) is 0 Å². The average molecular weight is 401 g/mol. The fourth-order valence-electron chi connectivity index (χ4n) is 3.06. The number of hydrogen-bond acceptors (Lipinski definition) is 3. The Bertz CT molecular complexity index is 929. The minimum absolute atomic E-state index is 0.0297. The molecule has 3 rings (SSSR count). The lowest BCUT2D eigenvalue weighted by molar-refractivity contribution is 0.101. The lowest BCUT2D eigenvalue weighted by atomic mass is 10.0. The molecular weight excluding hydrogens is 368 g/mol. The molecule has 0 unspecified atom stereocenters. The molecule has 1 N–H and O–H groups in total. The number of carbonyl (C=O) groups excluding carboxylic acids is 1. The van der Waals surface area contributed by atoms with Crippen molar-refractivity contribution in [1.82, 2.24) is 10.3 Å². The van der Waals surface area contributed by atoms with Crippen molar-refractivity contribution in [1.29, 1.82) is 0 Å². The van der Waals surface area contributed by atoms with Gasteiger partial charge in [0, 0.05) is 18.3 Å². The maximum Gasteiger partial charge on any atom is 0.161 e. The molecule has 0 radical (unpaired) electrons. The summed E-state index contributed by atoms with van der Waals surface area (Å²) in [5.41, 5.74) is 5.13. The zero-order chi connectivity index (χ0) is 21.8.